The molecule has 128 valence electrons. The molecule has 0 spiro atoms. The number of imidazole rings is 1. The maximum Gasteiger partial charge on any atom is 0.123 e. The first-order chi connectivity index (χ1) is 12.2. The van der Waals surface area contributed by atoms with E-state index < -0.39 is 0 Å². The second-order valence-electron chi connectivity index (χ2n) is 7.03. The number of nitrogens with zero attached hydrogens (tertiary/aromatic N) is 1. The Labute approximate surface area is 148 Å². The van der Waals surface area contributed by atoms with Gasteiger partial charge >= 0.3 is 0 Å². The number of para-hydroxylation sites is 1. The molecule has 1 aliphatic carbocycles. The van der Waals surface area contributed by atoms with Crippen molar-refractivity contribution in [3.8, 4) is 16.9 Å². The van der Waals surface area contributed by atoms with Crippen molar-refractivity contribution in [2.75, 3.05) is 0 Å². The highest BCUT2D eigenvalue weighted by molar-refractivity contribution is 5.71. The topological polar surface area (TPSA) is 48.9 Å². The van der Waals surface area contributed by atoms with Crippen molar-refractivity contribution in [3.05, 3.63) is 71.8 Å². The van der Waals surface area contributed by atoms with E-state index in [1.807, 2.05) is 18.2 Å². The average Bonchev–Trinajstić information content (AvgIpc) is 3.29. The Kier molecular flexibility index (Phi) is 4.08. The minimum Gasteiger partial charge on any atom is -0.507 e. The zero-order valence-electron chi connectivity index (χ0n) is 14.6. The Morgan fingerprint density at radius 1 is 1.20 bits per heavy atom. The van der Waals surface area contributed by atoms with Gasteiger partial charge in [-0.3, -0.25) is 0 Å². The molecule has 2 aromatic carbocycles. The van der Waals surface area contributed by atoms with E-state index >= 15 is 0 Å². The second-order valence-corrected chi connectivity index (χ2v) is 7.03. The molecule has 0 saturated heterocycles. The first kappa shape index (κ1) is 15.9. The van der Waals surface area contributed by atoms with E-state index in [-0.39, 0.29) is 5.41 Å². The number of aryl methyl sites for hydroxylation is 1. The highest BCUT2D eigenvalue weighted by Crippen LogP contribution is 2.48. The van der Waals surface area contributed by atoms with Gasteiger partial charge < -0.3 is 10.1 Å². The number of phenolic OH excluding ortho intramolecular Hbond substituents is 1. The van der Waals surface area contributed by atoms with Crippen LogP contribution in [0.15, 0.2) is 55.0 Å². The van der Waals surface area contributed by atoms with E-state index in [1.165, 1.54) is 24.0 Å². The average molecular weight is 332 g/mol. The molecular weight excluding hydrogens is 308 g/mol. The molecule has 0 amide bonds. The van der Waals surface area contributed by atoms with Crippen LogP contribution in [0.1, 0.15) is 49.4 Å². The number of unbranched alkanes of at least 4 members (excludes halogenated alkanes) is 1. The van der Waals surface area contributed by atoms with Crippen molar-refractivity contribution in [1.29, 1.82) is 0 Å². The predicted molar refractivity (Wildman–Crippen MR) is 101 cm³/mol. The highest BCUT2D eigenvalue weighted by Gasteiger charge is 2.41. The number of rotatable bonds is 5. The molecule has 3 heteroatoms. The molecule has 1 heterocycles. The summed E-state index contributed by atoms with van der Waals surface area (Å²) in [4.78, 5) is 7.76. The number of aromatic hydroxyl groups is 1. The van der Waals surface area contributed by atoms with Crippen LogP contribution in [0.3, 0.4) is 0 Å². The normalized spacial score (nSPS) is 19.1. The summed E-state index contributed by atoms with van der Waals surface area (Å²) in [6, 6.07) is 14.2. The minimum atomic E-state index is 0.0304. The lowest BCUT2D eigenvalue weighted by Crippen LogP contribution is -2.25. The van der Waals surface area contributed by atoms with Crippen LogP contribution in [0.5, 0.6) is 5.75 Å². The van der Waals surface area contributed by atoms with Crippen LogP contribution in [0.4, 0.5) is 0 Å². The van der Waals surface area contributed by atoms with Crippen LogP contribution in [0.2, 0.25) is 0 Å². The molecule has 1 atom stereocenters. The SMILES string of the molecule is CCCCC1(c2c[nH]cn2)CCc2cc(-c3ccccc3O)ccc21. The number of fused-ring (bicyclic) bond motifs is 1. The van der Waals surface area contributed by atoms with Gasteiger partial charge in [0.2, 0.25) is 0 Å². The molecule has 0 bridgehead atoms. The quantitative estimate of drug-likeness (QED) is 0.674. The molecule has 1 aromatic heterocycles. The van der Waals surface area contributed by atoms with Gasteiger partial charge in [-0.25, -0.2) is 4.98 Å². The zero-order chi connectivity index (χ0) is 17.3. The third kappa shape index (κ3) is 2.64. The van der Waals surface area contributed by atoms with Crippen molar-refractivity contribution < 1.29 is 5.11 Å². The molecule has 2 N–H and O–H groups in total. The summed E-state index contributed by atoms with van der Waals surface area (Å²) >= 11 is 0. The van der Waals surface area contributed by atoms with Crippen LogP contribution >= 0.6 is 0 Å². The van der Waals surface area contributed by atoms with E-state index in [0.29, 0.717) is 5.75 Å². The molecular formula is C22H24N2O. The minimum absolute atomic E-state index is 0.0304. The summed E-state index contributed by atoms with van der Waals surface area (Å²) in [6.45, 7) is 2.25. The number of hydrogen-bond donors (Lipinski definition) is 2. The Bertz CT molecular complexity index is 869. The summed E-state index contributed by atoms with van der Waals surface area (Å²) in [5.74, 6) is 0.338. The molecule has 1 unspecified atom stereocenters. The van der Waals surface area contributed by atoms with Gasteiger partial charge in [0.05, 0.1) is 12.0 Å². The Balaban J connectivity index is 1.79. The number of phenols is 1. The van der Waals surface area contributed by atoms with Crippen molar-refractivity contribution in [2.45, 2.75) is 44.4 Å². The summed E-state index contributed by atoms with van der Waals surface area (Å²) in [6.07, 6.45) is 9.55. The summed E-state index contributed by atoms with van der Waals surface area (Å²) < 4.78 is 0. The number of H-pyrrole nitrogens is 1. The Morgan fingerprint density at radius 2 is 2.08 bits per heavy atom. The van der Waals surface area contributed by atoms with Crippen molar-refractivity contribution >= 4 is 0 Å². The Hall–Kier alpha value is -2.55. The predicted octanol–water partition coefficient (Wildman–Crippen LogP) is 5.20. The monoisotopic (exact) mass is 332 g/mol. The van der Waals surface area contributed by atoms with Gasteiger partial charge in [-0.15, -0.1) is 0 Å². The fourth-order valence-corrected chi connectivity index (χ4v) is 4.29. The molecule has 0 radical (unpaired) electrons. The van der Waals surface area contributed by atoms with E-state index in [0.717, 1.165) is 36.1 Å². The maximum atomic E-state index is 10.2. The fraction of sp³-hybridized carbons (Fsp3) is 0.318. The lowest BCUT2D eigenvalue weighted by Gasteiger charge is -2.29. The van der Waals surface area contributed by atoms with E-state index in [9.17, 15) is 5.11 Å². The third-order valence-corrected chi connectivity index (χ3v) is 5.60. The number of hydrogen-bond acceptors (Lipinski definition) is 2. The van der Waals surface area contributed by atoms with Crippen LogP contribution in [-0.2, 0) is 11.8 Å². The van der Waals surface area contributed by atoms with Crippen molar-refractivity contribution in [3.63, 3.8) is 0 Å². The zero-order valence-corrected chi connectivity index (χ0v) is 14.6. The largest absolute Gasteiger partial charge is 0.507 e. The van der Waals surface area contributed by atoms with Gasteiger partial charge in [0, 0.05) is 17.2 Å². The second kappa shape index (κ2) is 6.40. The molecule has 0 fully saturated rings. The number of nitrogens with one attached hydrogen (secondary N) is 1. The third-order valence-electron chi connectivity index (χ3n) is 5.60. The first-order valence-electron chi connectivity index (χ1n) is 9.15. The molecule has 25 heavy (non-hydrogen) atoms. The van der Waals surface area contributed by atoms with Gasteiger partial charge in [-0.05, 0) is 42.0 Å². The Morgan fingerprint density at radius 3 is 2.84 bits per heavy atom. The molecule has 0 aliphatic heterocycles. The smallest absolute Gasteiger partial charge is 0.123 e. The summed E-state index contributed by atoms with van der Waals surface area (Å²) in [5, 5.41) is 10.2. The number of aromatic nitrogens is 2. The van der Waals surface area contributed by atoms with Gasteiger partial charge in [0.15, 0.2) is 0 Å². The van der Waals surface area contributed by atoms with E-state index in [2.05, 4.69) is 41.3 Å². The molecule has 3 aromatic rings. The molecule has 3 nitrogen and oxygen atoms in total. The van der Waals surface area contributed by atoms with Crippen molar-refractivity contribution in [2.24, 2.45) is 0 Å². The van der Waals surface area contributed by atoms with Gasteiger partial charge in [-0.2, -0.15) is 0 Å². The van der Waals surface area contributed by atoms with Crippen LogP contribution in [0.25, 0.3) is 11.1 Å². The first-order valence-corrected chi connectivity index (χ1v) is 9.15. The molecule has 1 aliphatic rings. The van der Waals surface area contributed by atoms with E-state index in [1.54, 1.807) is 12.4 Å². The molecule has 4 rings (SSSR count). The summed E-state index contributed by atoms with van der Waals surface area (Å²) in [7, 11) is 0. The van der Waals surface area contributed by atoms with E-state index in [4.69, 9.17) is 0 Å². The van der Waals surface area contributed by atoms with Crippen LogP contribution < -0.4 is 0 Å². The van der Waals surface area contributed by atoms with Crippen LogP contribution in [-0.4, -0.2) is 15.1 Å². The van der Waals surface area contributed by atoms with Gasteiger partial charge in [0.1, 0.15) is 5.75 Å². The maximum absolute atomic E-state index is 10.2. The van der Waals surface area contributed by atoms with Gasteiger partial charge in [-0.1, -0.05) is 56.2 Å². The number of benzene rings is 2. The lowest BCUT2D eigenvalue weighted by molar-refractivity contribution is 0.440. The standard InChI is InChI=1S/C22H24N2O/c1-2-3-11-22(21-14-23-15-24-21)12-10-17-13-16(8-9-19(17)22)18-6-4-5-7-20(18)25/h4-9,13-15,25H,2-3,10-12H2,1H3,(H,23,24). The highest BCUT2D eigenvalue weighted by atomic mass is 16.3. The lowest BCUT2D eigenvalue weighted by atomic mass is 9.75. The summed E-state index contributed by atoms with van der Waals surface area (Å²) in [5.41, 5.74) is 5.98. The van der Waals surface area contributed by atoms with Crippen LogP contribution in [0, 0.1) is 0 Å². The fourth-order valence-electron chi connectivity index (χ4n) is 4.29. The van der Waals surface area contributed by atoms with Crippen molar-refractivity contribution in [1.82, 2.24) is 9.97 Å². The number of aromatic amines is 1. The van der Waals surface area contributed by atoms with Gasteiger partial charge in [0.25, 0.3) is 0 Å². The molecule has 0 saturated carbocycles.